The lowest BCUT2D eigenvalue weighted by atomic mass is 10.4. The minimum absolute atomic E-state index is 0.0461. The van der Waals surface area contributed by atoms with Crippen LogP contribution in [0.25, 0.3) is 4.96 Å². The van der Waals surface area contributed by atoms with Gasteiger partial charge in [0.1, 0.15) is 0 Å². The maximum Gasteiger partial charge on any atom is 0.433 e. The number of fused-ring (bicyclic) bond motifs is 1. The summed E-state index contributed by atoms with van der Waals surface area (Å²) in [5.41, 5.74) is -1.87. The van der Waals surface area contributed by atoms with Gasteiger partial charge in [-0.05, 0) is 0 Å². The van der Waals surface area contributed by atoms with E-state index in [0.29, 0.717) is 6.07 Å². The summed E-state index contributed by atoms with van der Waals surface area (Å²) in [5, 5.41) is 1.50. The summed E-state index contributed by atoms with van der Waals surface area (Å²) in [6, 6.07) is 0.486. The van der Waals surface area contributed by atoms with Crippen molar-refractivity contribution in [2.45, 2.75) is 6.18 Å². The molecule has 14 heavy (non-hydrogen) atoms. The van der Waals surface area contributed by atoms with E-state index in [-0.39, 0.29) is 4.96 Å². The average molecular weight is 220 g/mol. The Bertz CT molecular complexity index is 527. The van der Waals surface area contributed by atoms with Gasteiger partial charge < -0.3 is 0 Å². The number of aromatic nitrogens is 2. The van der Waals surface area contributed by atoms with Crippen molar-refractivity contribution in [3.8, 4) is 0 Å². The van der Waals surface area contributed by atoms with Gasteiger partial charge >= 0.3 is 6.18 Å². The molecular weight excluding hydrogens is 217 g/mol. The van der Waals surface area contributed by atoms with Crippen molar-refractivity contribution in [2.75, 3.05) is 0 Å². The summed E-state index contributed by atoms with van der Waals surface area (Å²) >= 11 is 0.984. The molecule has 0 aliphatic carbocycles. The molecule has 2 aromatic rings. The molecule has 74 valence electrons. The van der Waals surface area contributed by atoms with Gasteiger partial charge in [0.15, 0.2) is 10.7 Å². The van der Waals surface area contributed by atoms with Gasteiger partial charge in [0, 0.05) is 17.6 Å². The van der Waals surface area contributed by atoms with Crippen LogP contribution in [-0.4, -0.2) is 9.38 Å². The average Bonchev–Trinajstić information content (AvgIpc) is 2.50. The van der Waals surface area contributed by atoms with Gasteiger partial charge in [0.25, 0.3) is 5.56 Å². The number of halogens is 3. The second kappa shape index (κ2) is 2.81. The Morgan fingerprint density at radius 2 is 2.14 bits per heavy atom. The van der Waals surface area contributed by atoms with E-state index in [1.54, 1.807) is 0 Å². The van der Waals surface area contributed by atoms with Crippen molar-refractivity contribution >= 4 is 16.3 Å². The van der Waals surface area contributed by atoms with Gasteiger partial charge in [0.05, 0.1) is 0 Å². The van der Waals surface area contributed by atoms with Crippen molar-refractivity contribution in [2.24, 2.45) is 0 Å². The van der Waals surface area contributed by atoms with Crippen LogP contribution in [0, 0.1) is 0 Å². The number of thiazole rings is 1. The normalized spacial score (nSPS) is 12.2. The molecule has 0 fully saturated rings. The second-order valence-corrected chi connectivity index (χ2v) is 3.41. The van der Waals surface area contributed by atoms with E-state index in [1.165, 1.54) is 11.6 Å². The summed E-state index contributed by atoms with van der Waals surface area (Å²) in [7, 11) is 0. The maximum atomic E-state index is 12.2. The van der Waals surface area contributed by atoms with Crippen LogP contribution in [0.2, 0.25) is 0 Å². The third-order valence-corrected chi connectivity index (χ3v) is 2.35. The quantitative estimate of drug-likeness (QED) is 0.678. The van der Waals surface area contributed by atoms with Crippen molar-refractivity contribution in [3.05, 3.63) is 33.7 Å². The molecule has 2 heterocycles. The lowest BCUT2D eigenvalue weighted by Gasteiger charge is -2.04. The fourth-order valence-electron chi connectivity index (χ4n) is 0.988. The van der Waals surface area contributed by atoms with E-state index < -0.39 is 17.4 Å². The van der Waals surface area contributed by atoms with Crippen LogP contribution < -0.4 is 5.56 Å². The van der Waals surface area contributed by atoms with Gasteiger partial charge in [-0.2, -0.15) is 13.2 Å². The van der Waals surface area contributed by atoms with Crippen molar-refractivity contribution < 1.29 is 13.2 Å². The first-order valence-electron chi connectivity index (χ1n) is 3.52. The second-order valence-electron chi connectivity index (χ2n) is 2.53. The molecule has 7 heteroatoms. The molecule has 2 aromatic heterocycles. The summed E-state index contributed by atoms with van der Waals surface area (Å²) < 4.78 is 37.7. The van der Waals surface area contributed by atoms with E-state index in [4.69, 9.17) is 0 Å². The number of hydrogen-bond acceptors (Lipinski definition) is 3. The molecule has 0 aliphatic rings. The van der Waals surface area contributed by atoms with Gasteiger partial charge in [-0.15, -0.1) is 11.3 Å². The highest BCUT2D eigenvalue weighted by molar-refractivity contribution is 7.15. The number of hydrogen-bond donors (Lipinski definition) is 0. The van der Waals surface area contributed by atoms with E-state index in [9.17, 15) is 18.0 Å². The number of nitrogens with zero attached hydrogens (tertiary/aromatic N) is 2. The van der Waals surface area contributed by atoms with Crippen molar-refractivity contribution in [1.82, 2.24) is 9.38 Å². The molecular formula is C7H3F3N2OS. The summed E-state index contributed by atoms with van der Waals surface area (Å²) in [6.07, 6.45) is -3.19. The largest absolute Gasteiger partial charge is 0.433 e. The molecule has 0 bridgehead atoms. The zero-order valence-electron chi connectivity index (χ0n) is 6.58. The van der Waals surface area contributed by atoms with Gasteiger partial charge in [-0.25, -0.2) is 4.98 Å². The standard InChI is InChI=1S/C7H3F3N2OS/c8-7(9,10)4-3-5(13)12-1-2-14-6(12)11-4/h1-3H. The first-order chi connectivity index (χ1) is 6.48. The first kappa shape index (κ1) is 9.20. The van der Waals surface area contributed by atoms with Gasteiger partial charge in [0.2, 0.25) is 0 Å². The maximum absolute atomic E-state index is 12.2. The molecule has 0 saturated carbocycles. The van der Waals surface area contributed by atoms with E-state index in [0.717, 1.165) is 15.7 Å². The zero-order chi connectivity index (χ0) is 10.3. The molecule has 0 saturated heterocycles. The highest BCUT2D eigenvalue weighted by atomic mass is 32.1. The zero-order valence-corrected chi connectivity index (χ0v) is 7.39. The Morgan fingerprint density at radius 1 is 1.43 bits per heavy atom. The Kier molecular flexibility index (Phi) is 1.84. The Labute approximate surface area is 79.4 Å². The molecule has 0 N–H and O–H groups in total. The van der Waals surface area contributed by atoms with Crippen molar-refractivity contribution in [1.29, 1.82) is 0 Å². The molecule has 3 nitrogen and oxygen atoms in total. The molecule has 0 amide bonds. The molecule has 0 spiro atoms. The van der Waals surface area contributed by atoms with Crippen LogP contribution in [0.5, 0.6) is 0 Å². The van der Waals surface area contributed by atoms with Gasteiger partial charge in [-0.1, -0.05) is 0 Å². The van der Waals surface area contributed by atoms with E-state index in [1.807, 2.05) is 0 Å². The third kappa shape index (κ3) is 1.39. The topological polar surface area (TPSA) is 34.4 Å². The highest BCUT2D eigenvalue weighted by Gasteiger charge is 2.33. The highest BCUT2D eigenvalue weighted by Crippen LogP contribution is 2.27. The molecule has 2 rings (SSSR count). The van der Waals surface area contributed by atoms with E-state index in [2.05, 4.69) is 4.98 Å². The fourth-order valence-corrected chi connectivity index (χ4v) is 1.71. The Balaban J connectivity index is 2.77. The van der Waals surface area contributed by atoms with Crippen LogP contribution in [0.15, 0.2) is 22.4 Å². The van der Waals surface area contributed by atoms with Crippen LogP contribution in [0.1, 0.15) is 5.69 Å². The Hall–Kier alpha value is -1.37. The summed E-state index contributed by atoms with van der Waals surface area (Å²) in [4.78, 5) is 14.5. The molecule has 0 atom stereocenters. The molecule has 0 aromatic carbocycles. The van der Waals surface area contributed by atoms with Crippen LogP contribution in [0.3, 0.4) is 0 Å². The molecule has 0 unspecified atom stereocenters. The lowest BCUT2D eigenvalue weighted by Crippen LogP contribution is -2.18. The smallest absolute Gasteiger partial charge is 0.269 e. The Morgan fingerprint density at radius 3 is 2.79 bits per heavy atom. The fraction of sp³-hybridized carbons (Fsp3) is 0.143. The number of rotatable bonds is 0. The first-order valence-corrected chi connectivity index (χ1v) is 4.40. The molecule has 0 radical (unpaired) electrons. The van der Waals surface area contributed by atoms with Crippen molar-refractivity contribution in [3.63, 3.8) is 0 Å². The predicted molar refractivity (Wildman–Crippen MR) is 44.3 cm³/mol. The van der Waals surface area contributed by atoms with Gasteiger partial charge in [-0.3, -0.25) is 9.20 Å². The SMILES string of the molecule is O=c1cc(C(F)(F)F)nc2sccn12. The third-order valence-electron chi connectivity index (χ3n) is 1.59. The van der Waals surface area contributed by atoms with Crippen LogP contribution in [-0.2, 0) is 6.18 Å². The van der Waals surface area contributed by atoms with Crippen LogP contribution >= 0.6 is 11.3 Å². The molecule has 0 aliphatic heterocycles. The summed E-state index contributed by atoms with van der Waals surface area (Å²) in [6.45, 7) is 0. The van der Waals surface area contributed by atoms with Crippen LogP contribution in [0.4, 0.5) is 13.2 Å². The number of alkyl halides is 3. The lowest BCUT2D eigenvalue weighted by molar-refractivity contribution is -0.141. The predicted octanol–water partition coefficient (Wildman–Crippen LogP) is 1.77. The van der Waals surface area contributed by atoms with E-state index >= 15 is 0 Å². The minimum atomic E-state index is -4.57. The monoisotopic (exact) mass is 220 g/mol. The minimum Gasteiger partial charge on any atom is -0.269 e. The summed E-state index contributed by atoms with van der Waals surface area (Å²) in [5.74, 6) is 0.